The molecule has 0 saturated carbocycles. The van der Waals surface area contributed by atoms with Crippen molar-refractivity contribution < 1.29 is 8.92 Å². The van der Waals surface area contributed by atoms with Crippen LogP contribution in [0, 0.1) is 0 Å². The second kappa shape index (κ2) is 7.26. The number of thiophene rings is 1. The predicted octanol–water partition coefficient (Wildman–Crippen LogP) is 5.96. The van der Waals surface area contributed by atoms with Gasteiger partial charge in [0.25, 0.3) is 0 Å². The molecule has 2 nitrogen and oxygen atoms in total. The van der Waals surface area contributed by atoms with E-state index in [0.29, 0.717) is 6.61 Å². The predicted molar refractivity (Wildman–Crippen MR) is 105 cm³/mol. The molecule has 1 aromatic carbocycles. The molecular weight excluding hydrogens is 470 g/mol. The Morgan fingerprint density at radius 2 is 2.32 bits per heavy atom. The average Bonchev–Trinajstić information content (AvgIpc) is 2.96. The maximum absolute atomic E-state index is 6.20. The third kappa shape index (κ3) is 3.66. The summed E-state index contributed by atoms with van der Waals surface area (Å²) in [4.78, 5) is 1.18. The van der Waals surface area contributed by atoms with Gasteiger partial charge in [-0.15, -0.1) is 0 Å². The summed E-state index contributed by atoms with van der Waals surface area (Å²) in [6.07, 6.45) is 0.930. The van der Waals surface area contributed by atoms with Gasteiger partial charge in [0.2, 0.25) is 0 Å². The number of hydrogen-bond donors (Lipinski definition) is 0. The number of rotatable bonds is 3. The molecule has 1 unspecified atom stereocenters. The molecule has 118 valence electrons. The molecule has 2 aromatic rings. The molecule has 0 N–H and O–H groups in total. The summed E-state index contributed by atoms with van der Waals surface area (Å²) in [5.74, 6) is 0. The Balaban J connectivity index is 1.95. The third-order valence-corrected chi connectivity index (χ3v) is 6.39. The third-order valence-electron chi connectivity index (χ3n) is 3.85. The van der Waals surface area contributed by atoms with E-state index in [1.54, 1.807) is 11.3 Å². The van der Waals surface area contributed by atoms with Gasteiger partial charge in [-0.1, -0.05) is 0 Å². The van der Waals surface area contributed by atoms with Crippen molar-refractivity contribution >= 4 is 59.3 Å². The zero-order valence-corrected chi connectivity index (χ0v) is 17.3. The Morgan fingerprint density at radius 3 is 3.09 bits per heavy atom. The first-order valence-electron chi connectivity index (χ1n) is 6.72. The second-order valence-electron chi connectivity index (χ2n) is 5.20. The Hall–Kier alpha value is 0.640. The second-order valence-corrected chi connectivity index (χ2v) is 12.8. The Kier molecular flexibility index (Phi) is 5.76. The number of benzene rings is 1. The molecule has 0 aliphatic carbocycles. The summed E-state index contributed by atoms with van der Waals surface area (Å²) in [5.41, 5.74) is 3.19. The number of hydrogen-bond acceptors (Lipinski definition) is 4. The minimum atomic E-state index is -0.444. The summed E-state index contributed by atoms with van der Waals surface area (Å²) in [7, 11) is 3.92. The summed E-state index contributed by atoms with van der Waals surface area (Å²) in [6, 6.07) is 8.25. The monoisotopic (exact) mass is 483 g/mol. The molecular formula is C15H14ClIO2PS2-. The first-order chi connectivity index (χ1) is 10.5. The zero-order valence-electron chi connectivity index (χ0n) is 11.8. The first kappa shape index (κ1) is 17.5. The van der Waals surface area contributed by atoms with Crippen LogP contribution in [0.3, 0.4) is 0 Å². The van der Waals surface area contributed by atoms with E-state index in [0.717, 1.165) is 23.6 Å². The fraction of sp³-hybridized carbons (Fsp3) is 0.333. The van der Waals surface area contributed by atoms with E-state index in [4.69, 9.17) is 20.5 Å². The molecule has 1 aliphatic rings. The Bertz CT molecular complexity index is 770. The fourth-order valence-electron chi connectivity index (χ4n) is 2.71. The van der Waals surface area contributed by atoms with Crippen LogP contribution < -0.4 is 0 Å². The van der Waals surface area contributed by atoms with E-state index in [-0.39, 0.29) is 7.32 Å². The average molecular weight is 484 g/mol. The maximum atomic E-state index is 6.20. The molecule has 2 heterocycles. The normalized spacial score (nSPS) is 21.0. The Morgan fingerprint density at radius 1 is 1.50 bits per heavy atom. The van der Waals surface area contributed by atoms with Crippen molar-refractivity contribution in [3.05, 3.63) is 56.2 Å². The molecule has 0 radical (unpaired) electrons. The van der Waals surface area contributed by atoms with Crippen LogP contribution in [0.5, 0.6) is 0 Å². The van der Waals surface area contributed by atoms with Crippen LogP contribution >= 0.6 is 52.0 Å². The van der Waals surface area contributed by atoms with E-state index in [1.807, 2.05) is 12.1 Å². The van der Waals surface area contributed by atoms with Gasteiger partial charge in [-0.2, -0.15) is 0 Å². The molecule has 0 fully saturated rings. The van der Waals surface area contributed by atoms with Gasteiger partial charge in [0.05, 0.1) is 0 Å². The SMILES string of the molecule is CC1(c2csc(CO[S-](#P)I)c2)OCCc2ccc(Cl)cc21. The minimum absolute atomic E-state index is 0.339. The fourth-order valence-corrected chi connectivity index (χ4v) is 4.61. The number of halogens is 2. The molecule has 1 atom stereocenters. The van der Waals surface area contributed by atoms with Crippen LogP contribution in [0.4, 0.5) is 0 Å². The molecule has 1 aliphatic heterocycles. The van der Waals surface area contributed by atoms with E-state index in [1.165, 1.54) is 16.0 Å². The van der Waals surface area contributed by atoms with Crippen LogP contribution in [0.15, 0.2) is 29.6 Å². The molecule has 0 amide bonds. The van der Waals surface area contributed by atoms with Crippen LogP contribution in [-0.4, -0.2) is 6.61 Å². The topological polar surface area (TPSA) is 18.5 Å². The van der Waals surface area contributed by atoms with Gasteiger partial charge < -0.3 is 0 Å². The van der Waals surface area contributed by atoms with Crippen molar-refractivity contribution in [1.82, 2.24) is 0 Å². The van der Waals surface area contributed by atoms with Crippen molar-refractivity contribution in [1.29, 1.82) is 0 Å². The standard InChI is InChI=1S/C15H14ClIO2PS2/c1-15(11-6-13(21-9-11)8-19-22(17)20)14-7-12(16)3-2-10(14)4-5-18-15/h2-3,6-7,9H,4-5,8H2,1H3/q-1. The van der Waals surface area contributed by atoms with Gasteiger partial charge in [0.1, 0.15) is 0 Å². The molecule has 0 bridgehead atoms. The summed E-state index contributed by atoms with van der Waals surface area (Å²) < 4.78 is 11.7. The van der Waals surface area contributed by atoms with Crippen molar-refractivity contribution in [2.45, 2.75) is 25.6 Å². The molecule has 7 heteroatoms. The van der Waals surface area contributed by atoms with E-state index < -0.39 is 5.60 Å². The van der Waals surface area contributed by atoms with Crippen molar-refractivity contribution in [2.24, 2.45) is 0 Å². The quantitative estimate of drug-likeness (QED) is 0.304. The molecule has 1 aromatic heterocycles. The van der Waals surface area contributed by atoms with E-state index in [9.17, 15) is 0 Å². The van der Waals surface area contributed by atoms with Crippen LogP contribution in [0.1, 0.15) is 28.5 Å². The van der Waals surface area contributed by atoms with E-state index >= 15 is 0 Å². The molecule has 3 rings (SSSR count). The Labute approximate surface area is 155 Å². The van der Waals surface area contributed by atoms with Crippen LogP contribution in [0.2, 0.25) is 5.02 Å². The van der Waals surface area contributed by atoms with Crippen molar-refractivity contribution in [3.63, 3.8) is 0 Å². The van der Waals surface area contributed by atoms with E-state index in [2.05, 4.69) is 53.5 Å². The summed E-state index contributed by atoms with van der Waals surface area (Å²) in [6.45, 7) is 3.43. The molecule has 22 heavy (non-hydrogen) atoms. The number of ether oxygens (including phenoxy) is 1. The van der Waals surface area contributed by atoms with Gasteiger partial charge >= 0.3 is 157 Å². The number of fused-ring (bicyclic) bond motifs is 1. The van der Waals surface area contributed by atoms with Gasteiger partial charge in [-0.25, -0.2) is 0 Å². The summed E-state index contributed by atoms with van der Waals surface area (Å²) in [5, 5.41) is 2.90. The summed E-state index contributed by atoms with van der Waals surface area (Å²) >= 11 is 10.1. The molecule has 0 spiro atoms. The van der Waals surface area contributed by atoms with Crippen LogP contribution in [-0.2, 0) is 34.9 Å². The first-order valence-corrected chi connectivity index (χ1v) is 12.7. The van der Waals surface area contributed by atoms with Crippen molar-refractivity contribution in [2.75, 3.05) is 6.61 Å². The van der Waals surface area contributed by atoms with Gasteiger partial charge in [-0.3, -0.25) is 0 Å². The molecule has 0 saturated heterocycles. The van der Waals surface area contributed by atoms with Gasteiger partial charge in [0, 0.05) is 0 Å². The zero-order chi connectivity index (χ0) is 15.7. The van der Waals surface area contributed by atoms with Gasteiger partial charge in [0.15, 0.2) is 0 Å². The van der Waals surface area contributed by atoms with Gasteiger partial charge in [-0.05, 0) is 0 Å². The van der Waals surface area contributed by atoms with Crippen molar-refractivity contribution in [3.8, 4) is 0 Å². The van der Waals surface area contributed by atoms with Crippen LogP contribution in [0.25, 0.3) is 0 Å².